The van der Waals surface area contributed by atoms with Gasteiger partial charge in [-0.1, -0.05) is 12.2 Å². The van der Waals surface area contributed by atoms with E-state index in [1.165, 1.54) is 18.2 Å². The third-order valence-electron chi connectivity index (χ3n) is 3.48. The summed E-state index contributed by atoms with van der Waals surface area (Å²) in [6.45, 7) is 1.55. The fourth-order valence-electron chi connectivity index (χ4n) is 2.30. The minimum Gasteiger partial charge on any atom is -0.508 e. The van der Waals surface area contributed by atoms with E-state index in [0.29, 0.717) is 0 Å². The van der Waals surface area contributed by atoms with Gasteiger partial charge in [-0.25, -0.2) is 4.79 Å². The Morgan fingerprint density at radius 1 is 1.26 bits per heavy atom. The molecule has 2 atom stereocenters. The summed E-state index contributed by atoms with van der Waals surface area (Å²) in [5.74, 6) is -1.50. The number of ether oxygens (including phenoxy) is 1. The number of hydrogen-bond donors (Lipinski definition) is 3. The van der Waals surface area contributed by atoms with E-state index in [-0.39, 0.29) is 42.6 Å². The first kappa shape index (κ1) is 12.4. The fourth-order valence-corrected chi connectivity index (χ4v) is 2.30. The molecule has 0 spiro atoms. The zero-order valence-electron chi connectivity index (χ0n) is 17.0. The second-order valence-electron chi connectivity index (χ2n) is 5.44. The van der Waals surface area contributed by atoms with Crippen molar-refractivity contribution in [2.45, 2.75) is 57.6 Å². The first-order valence-corrected chi connectivity index (χ1v) is 7.55. The Labute approximate surface area is 141 Å². The molecule has 0 amide bonds. The third kappa shape index (κ3) is 4.99. The van der Waals surface area contributed by atoms with Gasteiger partial charge in [0.15, 0.2) is 0 Å². The van der Waals surface area contributed by atoms with Crippen LogP contribution < -0.4 is 0 Å². The van der Waals surface area contributed by atoms with Gasteiger partial charge in [-0.3, -0.25) is 0 Å². The zero-order valence-corrected chi connectivity index (χ0v) is 13.0. The molecule has 0 fully saturated rings. The van der Waals surface area contributed by atoms with Gasteiger partial charge < -0.3 is 20.1 Å². The van der Waals surface area contributed by atoms with Gasteiger partial charge in [0.2, 0.25) is 0 Å². The Morgan fingerprint density at radius 2 is 2.00 bits per heavy atom. The molecule has 1 heterocycles. The minimum absolute atomic E-state index is 0.0654. The number of allylic oxidation sites excluding steroid dienone is 1. The van der Waals surface area contributed by atoms with Gasteiger partial charge in [0.1, 0.15) is 17.1 Å². The monoisotopic (exact) mass is 324 g/mol. The van der Waals surface area contributed by atoms with Crippen LogP contribution in [0.25, 0.3) is 6.08 Å². The second kappa shape index (κ2) is 8.02. The molecular weight excluding hydrogens is 296 g/mol. The van der Waals surface area contributed by atoms with Crippen molar-refractivity contribution in [1.29, 1.82) is 0 Å². The molecule has 3 N–H and O–H groups in total. The highest BCUT2D eigenvalue weighted by Crippen LogP contribution is 2.30. The van der Waals surface area contributed by atoms with E-state index < -0.39 is 36.7 Å². The van der Waals surface area contributed by atoms with Crippen LogP contribution in [-0.4, -0.2) is 33.5 Å². The number of phenolic OH excluding ortho intramolecular Hbond substituents is 2. The summed E-state index contributed by atoms with van der Waals surface area (Å²) < 4.78 is 37.2. The zero-order chi connectivity index (χ0) is 20.4. The van der Waals surface area contributed by atoms with E-state index in [2.05, 4.69) is 0 Å². The number of phenols is 2. The van der Waals surface area contributed by atoms with E-state index in [0.717, 1.165) is 6.07 Å². The maximum atomic E-state index is 12.4. The number of aliphatic hydroxyl groups excluding tert-OH is 1. The van der Waals surface area contributed by atoms with Gasteiger partial charge in [0.05, 0.1) is 12.2 Å². The Bertz CT molecular complexity index is 733. The molecule has 1 aromatic carbocycles. The van der Waals surface area contributed by atoms with Crippen molar-refractivity contribution in [1.82, 2.24) is 0 Å². The summed E-state index contributed by atoms with van der Waals surface area (Å²) in [5.41, 5.74) is 0.0946. The number of aromatic hydroxyl groups is 2. The molecule has 0 saturated carbocycles. The number of rotatable bonds is 0. The molecule has 23 heavy (non-hydrogen) atoms. The van der Waals surface area contributed by atoms with Crippen LogP contribution in [0.4, 0.5) is 0 Å². The highest BCUT2D eigenvalue weighted by molar-refractivity contribution is 5.97. The Morgan fingerprint density at radius 3 is 2.78 bits per heavy atom. The maximum absolute atomic E-state index is 12.4. The third-order valence-corrected chi connectivity index (χ3v) is 3.48. The fraction of sp³-hybridized carbons (Fsp3) is 0.500. The molecule has 1 aliphatic rings. The quantitative estimate of drug-likeness (QED) is 0.637. The van der Waals surface area contributed by atoms with Crippen molar-refractivity contribution in [2.75, 3.05) is 0 Å². The molecule has 0 bridgehead atoms. The van der Waals surface area contributed by atoms with Crippen LogP contribution in [0.2, 0.25) is 0 Å². The SMILES string of the molecule is [2H]C1([2H])CCC=Cc2cc(O)cc(O)c2C(=O)O[C@@H](C)CCC([2H])([2H])[C@@H]1O. The lowest BCUT2D eigenvalue weighted by Gasteiger charge is -2.17. The lowest BCUT2D eigenvalue weighted by molar-refractivity contribution is 0.0307. The number of cyclic esters (lactones) is 1. The molecule has 1 aliphatic heterocycles. The lowest BCUT2D eigenvalue weighted by atomic mass is 10.0. The van der Waals surface area contributed by atoms with E-state index in [4.69, 9.17) is 10.2 Å². The van der Waals surface area contributed by atoms with Crippen molar-refractivity contribution in [3.63, 3.8) is 0 Å². The number of hydrogen-bond acceptors (Lipinski definition) is 5. The van der Waals surface area contributed by atoms with E-state index in [1.54, 1.807) is 6.92 Å². The van der Waals surface area contributed by atoms with Crippen LogP contribution in [0.5, 0.6) is 11.5 Å². The Balaban J connectivity index is 2.42. The van der Waals surface area contributed by atoms with Crippen molar-refractivity contribution in [3.05, 3.63) is 29.3 Å². The second-order valence-corrected chi connectivity index (χ2v) is 5.44. The van der Waals surface area contributed by atoms with Gasteiger partial charge in [-0.15, -0.1) is 0 Å². The molecular formula is C18H24O5. The van der Waals surface area contributed by atoms with E-state index >= 15 is 0 Å². The Hall–Kier alpha value is -2.01. The van der Waals surface area contributed by atoms with Crippen LogP contribution in [-0.2, 0) is 4.74 Å². The number of carbonyl (C=O) groups is 1. The molecule has 1 aromatic rings. The number of benzene rings is 1. The highest BCUT2D eigenvalue weighted by atomic mass is 16.5. The largest absolute Gasteiger partial charge is 0.508 e. The molecule has 126 valence electrons. The maximum Gasteiger partial charge on any atom is 0.342 e. The number of carbonyl (C=O) groups excluding carboxylic acids is 1. The van der Waals surface area contributed by atoms with Crippen LogP contribution in [0, 0.1) is 0 Å². The molecule has 0 radical (unpaired) electrons. The predicted octanol–water partition coefficient (Wildman–Crippen LogP) is 3.37. The van der Waals surface area contributed by atoms with Gasteiger partial charge in [0, 0.05) is 11.5 Å². The first-order chi connectivity index (χ1) is 12.4. The smallest absolute Gasteiger partial charge is 0.342 e. The molecule has 5 heteroatoms. The van der Waals surface area contributed by atoms with Gasteiger partial charge >= 0.3 is 5.97 Å². The standard InChI is InChI=1S/C18H24O5/c1-12-6-5-9-14(19)8-4-2-3-7-13-10-15(20)11-16(21)17(13)18(22)23-12/h3,7,10-12,14,19-21H,2,4-6,8-9H2,1H3/t12-,14+/m0/s1/i8D2,9D2. The number of fused-ring (bicyclic) bond motifs is 1. The first-order valence-electron chi connectivity index (χ1n) is 9.55. The van der Waals surface area contributed by atoms with Gasteiger partial charge in [0.25, 0.3) is 0 Å². The summed E-state index contributed by atoms with van der Waals surface area (Å²) in [6, 6.07) is 2.31. The predicted molar refractivity (Wildman–Crippen MR) is 87.4 cm³/mol. The van der Waals surface area contributed by atoms with Crippen LogP contribution in [0.3, 0.4) is 0 Å². The van der Waals surface area contributed by atoms with E-state index in [9.17, 15) is 20.1 Å². The van der Waals surface area contributed by atoms with Crippen molar-refractivity contribution >= 4 is 12.0 Å². The van der Waals surface area contributed by atoms with Crippen molar-refractivity contribution in [2.24, 2.45) is 0 Å². The highest BCUT2D eigenvalue weighted by Gasteiger charge is 2.20. The summed E-state index contributed by atoms with van der Waals surface area (Å²) in [4.78, 5) is 12.4. The van der Waals surface area contributed by atoms with Crippen LogP contribution >= 0.6 is 0 Å². The Kier molecular flexibility index (Phi) is 4.33. The van der Waals surface area contributed by atoms with Crippen molar-refractivity contribution < 1.29 is 30.3 Å². The molecule has 0 aromatic heterocycles. The van der Waals surface area contributed by atoms with E-state index in [1.807, 2.05) is 0 Å². The van der Waals surface area contributed by atoms with Crippen molar-refractivity contribution in [3.8, 4) is 11.5 Å². The summed E-state index contributed by atoms with van der Waals surface area (Å²) in [6.07, 6.45) is -4.04. The topological polar surface area (TPSA) is 87.0 Å². The number of esters is 1. The number of aliphatic hydroxyl groups is 1. The average molecular weight is 324 g/mol. The molecule has 0 aliphatic carbocycles. The summed E-state index contributed by atoms with van der Waals surface area (Å²) in [7, 11) is 0. The summed E-state index contributed by atoms with van der Waals surface area (Å²) >= 11 is 0. The lowest BCUT2D eigenvalue weighted by Crippen LogP contribution is -2.17. The van der Waals surface area contributed by atoms with Crippen LogP contribution in [0.1, 0.15) is 66.8 Å². The molecule has 0 unspecified atom stereocenters. The van der Waals surface area contributed by atoms with Gasteiger partial charge in [-0.05, 0) is 57.0 Å². The average Bonchev–Trinajstić information content (AvgIpc) is 2.55. The van der Waals surface area contributed by atoms with Gasteiger partial charge in [-0.2, -0.15) is 0 Å². The molecule has 2 rings (SSSR count). The molecule has 0 saturated heterocycles. The normalized spacial score (nSPS) is 30.6. The minimum atomic E-state index is -2.19. The molecule has 5 nitrogen and oxygen atoms in total. The van der Waals surface area contributed by atoms with Crippen LogP contribution in [0.15, 0.2) is 18.2 Å². The summed E-state index contributed by atoms with van der Waals surface area (Å²) in [5, 5.41) is 29.9.